The van der Waals surface area contributed by atoms with Crippen LogP contribution >= 0.6 is 0 Å². The van der Waals surface area contributed by atoms with Gasteiger partial charge in [-0.15, -0.1) is 6.58 Å². The third kappa shape index (κ3) is 15.0. The van der Waals surface area contributed by atoms with Crippen molar-refractivity contribution in [2.45, 2.75) is 39.5 Å². The Hall–Kier alpha value is -2.56. The molecule has 0 heterocycles. The molecule has 0 atom stereocenters. The zero-order valence-electron chi connectivity index (χ0n) is 16.0. The molecule has 0 spiro atoms. The first kappa shape index (κ1) is 23.4. The molecule has 0 saturated heterocycles. The zero-order chi connectivity index (χ0) is 19.6. The van der Waals surface area contributed by atoms with Gasteiger partial charge in [0.2, 0.25) is 0 Å². The second kappa shape index (κ2) is 15.9. The van der Waals surface area contributed by atoms with Gasteiger partial charge in [-0.1, -0.05) is 17.7 Å². The molecule has 1 aromatic rings. The Kier molecular flexibility index (Phi) is 14.4. The van der Waals surface area contributed by atoms with E-state index in [0.29, 0.717) is 19.7 Å². The molecule has 0 aliphatic carbocycles. The van der Waals surface area contributed by atoms with Gasteiger partial charge < -0.3 is 14.2 Å². The fourth-order valence-electron chi connectivity index (χ4n) is 1.79. The first-order valence-corrected chi connectivity index (χ1v) is 8.65. The highest BCUT2D eigenvalue weighted by molar-refractivity contribution is 5.86. The minimum Gasteiger partial charge on any atom is -0.494 e. The molecule has 0 saturated carbocycles. The molecule has 5 nitrogen and oxygen atoms in total. The highest BCUT2D eigenvalue weighted by atomic mass is 16.5. The van der Waals surface area contributed by atoms with Gasteiger partial charge in [-0.05, 0) is 63.3 Å². The van der Waals surface area contributed by atoms with Gasteiger partial charge in [0.05, 0.1) is 20.3 Å². The van der Waals surface area contributed by atoms with Crippen LogP contribution in [0.5, 0.6) is 5.75 Å². The number of carbonyl (C=O) groups is 2. The summed E-state index contributed by atoms with van der Waals surface area (Å²) in [5.41, 5.74) is 2.08. The molecule has 5 heteroatoms. The predicted molar refractivity (Wildman–Crippen MR) is 104 cm³/mol. The average molecular weight is 362 g/mol. The van der Waals surface area contributed by atoms with Crippen LogP contribution < -0.4 is 4.74 Å². The Morgan fingerprint density at radius 1 is 1.04 bits per heavy atom. The fourth-order valence-corrected chi connectivity index (χ4v) is 1.79. The van der Waals surface area contributed by atoms with Gasteiger partial charge in [0, 0.05) is 6.08 Å². The van der Waals surface area contributed by atoms with Crippen molar-refractivity contribution >= 4 is 18.5 Å². The van der Waals surface area contributed by atoms with E-state index in [4.69, 9.17) is 4.74 Å². The number of methoxy groups -OCH3 is 1. The number of hydrogen-bond acceptors (Lipinski definition) is 5. The number of carbonyl (C=O) groups excluding carboxylic acids is 2. The number of esters is 1. The molecule has 144 valence electrons. The van der Waals surface area contributed by atoms with Gasteiger partial charge in [-0.3, -0.25) is 4.79 Å². The first-order valence-electron chi connectivity index (χ1n) is 8.65. The monoisotopic (exact) mass is 362 g/mol. The SMILES string of the molecule is C=C(C)C.COC(=O)/C=C/c1ccc(OCCCCCCOC=O)cc1. The van der Waals surface area contributed by atoms with Crippen molar-refractivity contribution in [3.05, 3.63) is 48.1 Å². The Balaban J connectivity index is 0.00000141. The summed E-state index contributed by atoms with van der Waals surface area (Å²) in [6, 6.07) is 7.50. The van der Waals surface area contributed by atoms with E-state index in [2.05, 4.69) is 16.1 Å². The predicted octanol–water partition coefficient (Wildman–Crippen LogP) is 4.57. The van der Waals surface area contributed by atoms with E-state index < -0.39 is 0 Å². The largest absolute Gasteiger partial charge is 0.494 e. The highest BCUT2D eigenvalue weighted by Crippen LogP contribution is 2.14. The number of allylic oxidation sites excluding steroid dienone is 1. The van der Waals surface area contributed by atoms with Crippen molar-refractivity contribution < 1.29 is 23.8 Å². The number of ether oxygens (including phenoxy) is 3. The van der Waals surface area contributed by atoms with Crippen LogP contribution in [-0.2, 0) is 19.1 Å². The normalized spacial score (nSPS) is 9.81. The third-order valence-corrected chi connectivity index (χ3v) is 2.99. The Morgan fingerprint density at radius 2 is 1.62 bits per heavy atom. The Bertz CT molecular complexity index is 542. The molecule has 1 aromatic carbocycles. The number of hydrogen-bond donors (Lipinski definition) is 0. The van der Waals surface area contributed by atoms with Crippen molar-refractivity contribution in [2.75, 3.05) is 20.3 Å². The van der Waals surface area contributed by atoms with Gasteiger partial charge >= 0.3 is 5.97 Å². The maximum absolute atomic E-state index is 11.0. The summed E-state index contributed by atoms with van der Waals surface area (Å²) in [6.07, 6.45) is 6.99. The quantitative estimate of drug-likeness (QED) is 0.190. The fraction of sp³-hybridized carbons (Fsp3) is 0.429. The molecule has 0 bridgehead atoms. The molecule has 0 radical (unpaired) electrons. The lowest BCUT2D eigenvalue weighted by Gasteiger charge is -2.06. The van der Waals surface area contributed by atoms with Crippen molar-refractivity contribution in [1.82, 2.24) is 0 Å². The Labute approximate surface area is 156 Å². The lowest BCUT2D eigenvalue weighted by Crippen LogP contribution is -1.98. The van der Waals surface area contributed by atoms with E-state index in [0.717, 1.165) is 37.0 Å². The summed E-state index contributed by atoms with van der Waals surface area (Å²) in [5, 5.41) is 0. The summed E-state index contributed by atoms with van der Waals surface area (Å²) in [4.78, 5) is 20.9. The van der Waals surface area contributed by atoms with Crippen molar-refractivity contribution in [3.63, 3.8) is 0 Å². The van der Waals surface area contributed by atoms with E-state index in [-0.39, 0.29) is 5.97 Å². The lowest BCUT2D eigenvalue weighted by molar-refractivity contribution is -0.134. The van der Waals surface area contributed by atoms with Crippen molar-refractivity contribution in [1.29, 1.82) is 0 Å². The third-order valence-electron chi connectivity index (χ3n) is 2.99. The van der Waals surface area contributed by atoms with E-state index >= 15 is 0 Å². The molecule has 0 unspecified atom stereocenters. The van der Waals surface area contributed by atoms with Gasteiger partial charge in [0.1, 0.15) is 5.75 Å². The van der Waals surface area contributed by atoms with Crippen molar-refractivity contribution in [2.24, 2.45) is 0 Å². The molecule has 0 amide bonds. The highest BCUT2D eigenvalue weighted by Gasteiger charge is 1.96. The molecule has 0 aliphatic rings. The van der Waals surface area contributed by atoms with Gasteiger partial charge in [-0.2, -0.15) is 0 Å². The summed E-state index contributed by atoms with van der Waals surface area (Å²) >= 11 is 0. The molecule has 26 heavy (non-hydrogen) atoms. The molecule has 0 fully saturated rings. The molecule has 0 aromatic heterocycles. The van der Waals surface area contributed by atoms with Crippen LogP contribution in [0.15, 0.2) is 42.5 Å². The minimum absolute atomic E-state index is 0.376. The van der Waals surface area contributed by atoms with Crippen LogP contribution in [0.25, 0.3) is 6.08 Å². The van der Waals surface area contributed by atoms with Crippen LogP contribution in [0.4, 0.5) is 0 Å². The molecule has 1 rings (SSSR count). The van der Waals surface area contributed by atoms with E-state index in [9.17, 15) is 9.59 Å². The molecular weight excluding hydrogens is 332 g/mol. The number of unbranched alkanes of at least 4 members (excludes halogenated alkanes) is 3. The van der Waals surface area contributed by atoms with Gasteiger partial charge in [0.25, 0.3) is 6.47 Å². The van der Waals surface area contributed by atoms with Crippen LogP contribution in [0.1, 0.15) is 45.1 Å². The smallest absolute Gasteiger partial charge is 0.330 e. The summed E-state index contributed by atoms with van der Waals surface area (Å²) in [6.45, 7) is 9.13. The van der Waals surface area contributed by atoms with Crippen LogP contribution in [-0.4, -0.2) is 32.8 Å². The van der Waals surface area contributed by atoms with Crippen LogP contribution in [0.3, 0.4) is 0 Å². The first-order chi connectivity index (χ1) is 12.5. The number of benzene rings is 1. The summed E-state index contributed by atoms with van der Waals surface area (Å²) in [7, 11) is 1.35. The Morgan fingerprint density at radius 3 is 2.15 bits per heavy atom. The maximum Gasteiger partial charge on any atom is 0.330 e. The van der Waals surface area contributed by atoms with Crippen molar-refractivity contribution in [3.8, 4) is 5.75 Å². The molecule has 0 aliphatic heterocycles. The summed E-state index contributed by atoms with van der Waals surface area (Å²) < 4.78 is 14.8. The number of rotatable bonds is 11. The van der Waals surface area contributed by atoms with E-state index in [1.807, 2.05) is 38.1 Å². The van der Waals surface area contributed by atoms with E-state index in [1.165, 1.54) is 18.8 Å². The lowest BCUT2D eigenvalue weighted by atomic mass is 10.2. The maximum atomic E-state index is 11.0. The molecule has 0 N–H and O–H groups in total. The topological polar surface area (TPSA) is 61.8 Å². The van der Waals surface area contributed by atoms with Crippen LogP contribution in [0, 0.1) is 0 Å². The average Bonchev–Trinajstić information content (AvgIpc) is 2.62. The van der Waals surface area contributed by atoms with Gasteiger partial charge in [-0.25, -0.2) is 4.79 Å². The van der Waals surface area contributed by atoms with Gasteiger partial charge in [0.15, 0.2) is 0 Å². The summed E-state index contributed by atoms with van der Waals surface area (Å²) in [5.74, 6) is 0.429. The van der Waals surface area contributed by atoms with E-state index in [1.54, 1.807) is 6.08 Å². The zero-order valence-corrected chi connectivity index (χ0v) is 16.0. The minimum atomic E-state index is -0.376. The van der Waals surface area contributed by atoms with Crippen LogP contribution in [0.2, 0.25) is 0 Å². The standard InChI is InChI=1S/C17H22O5.C4H8/c1-20-17(19)11-8-15-6-9-16(10-7-15)22-13-5-3-2-4-12-21-14-18;1-4(2)3/h6-11,14H,2-5,12-13H2,1H3;1H2,2-3H3/b11-8+;. The molecular formula is C21H30O5. The second-order valence-corrected chi connectivity index (χ2v) is 5.86. The second-order valence-electron chi connectivity index (χ2n) is 5.86.